The number of hydrogen-bond donors (Lipinski definition) is 1. The number of fused-ring (bicyclic) bond motifs is 1. The Morgan fingerprint density at radius 1 is 1.17 bits per heavy atom. The Hall–Kier alpha value is -2.60. The quantitative estimate of drug-likeness (QED) is 0.811. The highest BCUT2D eigenvalue weighted by Crippen LogP contribution is 2.35. The Bertz CT molecular complexity index is 842. The Balaban J connectivity index is 1.45. The molecule has 2 heterocycles. The summed E-state index contributed by atoms with van der Waals surface area (Å²) in [4.78, 5) is 15.0. The second-order valence-electron chi connectivity index (χ2n) is 7.59. The van der Waals surface area contributed by atoms with E-state index in [0.29, 0.717) is 12.4 Å². The van der Waals surface area contributed by atoms with E-state index in [1.807, 2.05) is 42.2 Å². The lowest BCUT2D eigenvalue weighted by Gasteiger charge is -2.40. The molecule has 2 aromatic rings. The number of ether oxygens (including phenoxy) is 2. The van der Waals surface area contributed by atoms with Crippen LogP contribution in [0.25, 0.3) is 0 Å². The SMILES string of the molecule is CCOc1cccc(OCC(=O)N2CCC[C@H]3NC[C@H](c4ccc(F)cc4)[C@H]32)c1. The molecule has 0 aliphatic carbocycles. The van der Waals surface area contributed by atoms with Crippen molar-refractivity contribution in [2.45, 2.75) is 37.8 Å². The van der Waals surface area contributed by atoms with E-state index in [2.05, 4.69) is 5.32 Å². The maximum Gasteiger partial charge on any atom is 0.260 e. The van der Waals surface area contributed by atoms with Crippen molar-refractivity contribution in [3.63, 3.8) is 0 Å². The van der Waals surface area contributed by atoms with Crippen LogP contribution in [0.1, 0.15) is 31.2 Å². The number of nitrogens with one attached hydrogen (secondary N) is 1. The summed E-state index contributed by atoms with van der Waals surface area (Å²) in [6.07, 6.45) is 2.01. The molecule has 0 bridgehead atoms. The predicted molar refractivity (Wildman–Crippen MR) is 109 cm³/mol. The monoisotopic (exact) mass is 398 g/mol. The summed E-state index contributed by atoms with van der Waals surface area (Å²) >= 11 is 0. The van der Waals surface area contributed by atoms with Gasteiger partial charge in [-0.3, -0.25) is 4.79 Å². The molecule has 0 saturated carbocycles. The van der Waals surface area contributed by atoms with Gasteiger partial charge in [0.15, 0.2) is 6.61 Å². The van der Waals surface area contributed by atoms with Gasteiger partial charge >= 0.3 is 0 Å². The lowest BCUT2D eigenvalue weighted by Crippen LogP contribution is -2.53. The number of amides is 1. The summed E-state index contributed by atoms with van der Waals surface area (Å²) in [6.45, 7) is 4.02. The van der Waals surface area contributed by atoms with Gasteiger partial charge in [-0.1, -0.05) is 18.2 Å². The zero-order valence-electron chi connectivity index (χ0n) is 16.6. The van der Waals surface area contributed by atoms with Crippen molar-refractivity contribution in [2.75, 3.05) is 26.3 Å². The minimum absolute atomic E-state index is 0.00502. The fourth-order valence-electron chi connectivity index (χ4n) is 4.50. The number of nitrogens with zero attached hydrogens (tertiary/aromatic N) is 1. The molecule has 3 atom stereocenters. The van der Waals surface area contributed by atoms with E-state index < -0.39 is 0 Å². The van der Waals surface area contributed by atoms with Crippen LogP contribution < -0.4 is 14.8 Å². The third-order valence-electron chi connectivity index (χ3n) is 5.80. The first-order chi connectivity index (χ1) is 14.2. The molecule has 2 aliphatic rings. The van der Waals surface area contributed by atoms with Crippen LogP contribution in [0.4, 0.5) is 4.39 Å². The van der Waals surface area contributed by atoms with E-state index in [9.17, 15) is 9.18 Å². The van der Waals surface area contributed by atoms with Crippen LogP contribution >= 0.6 is 0 Å². The Labute approximate surface area is 170 Å². The van der Waals surface area contributed by atoms with Crippen molar-refractivity contribution in [3.8, 4) is 11.5 Å². The maximum atomic E-state index is 13.3. The van der Waals surface area contributed by atoms with Crippen molar-refractivity contribution in [1.29, 1.82) is 0 Å². The number of rotatable bonds is 6. The summed E-state index contributed by atoms with van der Waals surface area (Å²) in [5, 5.41) is 3.56. The fourth-order valence-corrected chi connectivity index (χ4v) is 4.50. The number of hydrogen-bond acceptors (Lipinski definition) is 4. The van der Waals surface area contributed by atoms with E-state index in [1.165, 1.54) is 12.1 Å². The normalized spacial score (nSPS) is 23.5. The zero-order chi connectivity index (χ0) is 20.2. The summed E-state index contributed by atoms with van der Waals surface area (Å²) in [6, 6.07) is 14.3. The van der Waals surface area contributed by atoms with E-state index in [-0.39, 0.29) is 36.3 Å². The molecule has 2 aliphatic heterocycles. The molecular weight excluding hydrogens is 371 g/mol. The average Bonchev–Trinajstić information content (AvgIpc) is 3.17. The molecule has 0 unspecified atom stereocenters. The van der Waals surface area contributed by atoms with Crippen LogP contribution in [0.3, 0.4) is 0 Å². The van der Waals surface area contributed by atoms with Gasteiger partial charge in [-0.15, -0.1) is 0 Å². The smallest absolute Gasteiger partial charge is 0.260 e. The maximum absolute atomic E-state index is 13.3. The van der Waals surface area contributed by atoms with Crippen LogP contribution in [0, 0.1) is 5.82 Å². The minimum Gasteiger partial charge on any atom is -0.494 e. The number of piperidine rings is 1. The standard InChI is InChI=1S/C23H27FN2O3/c1-2-28-18-5-3-6-19(13-18)29-15-22(27)26-12-4-7-21-23(26)20(14-25-21)16-8-10-17(24)11-9-16/h3,5-6,8-11,13,20-21,23,25H,2,4,7,12,14-15H2,1H3/t20-,21-,23-/m1/s1. The molecule has 6 heteroatoms. The molecule has 0 radical (unpaired) electrons. The summed E-state index contributed by atoms with van der Waals surface area (Å²) in [5.41, 5.74) is 1.07. The highest BCUT2D eigenvalue weighted by molar-refractivity contribution is 5.78. The Morgan fingerprint density at radius 2 is 1.93 bits per heavy atom. The molecule has 2 aromatic carbocycles. The molecule has 0 aromatic heterocycles. The van der Waals surface area contributed by atoms with Crippen LogP contribution in [0.2, 0.25) is 0 Å². The highest BCUT2D eigenvalue weighted by atomic mass is 19.1. The van der Waals surface area contributed by atoms with E-state index in [1.54, 1.807) is 6.07 Å². The summed E-state index contributed by atoms with van der Waals surface area (Å²) < 4.78 is 24.6. The Kier molecular flexibility index (Phi) is 6.00. The van der Waals surface area contributed by atoms with Gasteiger partial charge in [-0.2, -0.15) is 0 Å². The van der Waals surface area contributed by atoms with Crippen LogP contribution in [0.5, 0.6) is 11.5 Å². The first-order valence-electron chi connectivity index (χ1n) is 10.3. The van der Waals surface area contributed by atoms with Crippen molar-refractivity contribution >= 4 is 5.91 Å². The molecule has 2 fully saturated rings. The van der Waals surface area contributed by atoms with Crippen LogP contribution in [-0.4, -0.2) is 49.2 Å². The number of benzene rings is 2. The number of carbonyl (C=O) groups excluding carboxylic acids is 1. The lowest BCUT2D eigenvalue weighted by molar-refractivity contribution is -0.137. The van der Waals surface area contributed by atoms with Crippen molar-refractivity contribution < 1.29 is 18.7 Å². The van der Waals surface area contributed by atoms with Crippen molar-refractivity contribution in [3.05, 3.63) is 59.9 Å². The van der Waals surface area contributed by atoms with Gasteiger partial charge in [0, 0.05) is 31.1 Å². The first-order valence-corrected chi connectivity index (χ1v) is 10.3. The van der Waals surface area contributed by atoms with Crippen LogP contribution in [0.15, 0.2) is 48.5 Å². The molecule has 1 N–H and O–H groups in total. The summed E-state index contributed by atoms with van der Waals surface area (Å²) in [7, 11) is 0. The highest BCUT2D eigenvalue weighted by Gasteiger charge is 2.44. The molecular formula is C23H27FN2O3. The van der Waals surface area contributed by atoms with Crippen LogP contribution in [-0.2, 0) is 4.79 Å². The molecule has 4 rings (SSSR count). The first kappa shape index (κ1) is 19.7. The topological polar surface area (TPSA) is 50.8 Å². The molecule has 2 saturated heterocycles. The third kappa shape index (κ3) is 4.37. The zero-order valence-corrected chi connectivity index (χ0v) is 16.6. The van der Waals surface area contributed by atoms with Gasteiger partial charge in [-0.05, 0) is 49.6 Å². The van der Waals surface area contributed by atoms with Crippen molar-refractivity contribution in [1.82, 2.24) is 10.2 Å². The molecule has 154 valence electrons. The van der Waals surface area contributed by atoms with Gasteiger partial charge in [0.25, 0.3) is 5.91 Å². The van der Waals surface area contributed by atoms with Gasteiger partial charge in [0.05, 0.1) is 12.6 Å². The second-order valence-corrected chi connectivity index (χ2v) is 7.59. The van der Waals surface area contributed by atoms with E-state index in [0.717, 1.165) is 37.2 Å². The molecule has 1 amide bonds. The fraction of sp³-hybridized carbons (Fsp3) is 0.435. The second kappa shape index (κ2) is 8.82. The Morgan fingerprint density at radius 3 is 2.69 bits per heavy atom. The van der Waals surface area contributed by atoms with Gasteiger partial charge in [0.1, 0.15) is 17.3 Å². The summed E-state index contributed by atoms with van der Waals surface area (Å²) in [5.74, 6) is 1.25. The van der Waals surface area contributed by atoms with E-state index in [4.69, 9.17) is 9.47 Å². The lowest BCUT2D eigenvalue weighted by atomic mass is 9.86. The van der Waals surface area contributed by atoms with Gasteiger partial charge in [0.2, 0.25) is 0 Å². The van der Waals surface area contributed by atoms with Crippen molar-refractivity contribution in [2.24, 2.45) is 0 Å². The number of carbonyl (C=O) groups is 1. The number of likely N-dealkylation sites (tertiary alicyclic amines) is 1. The predicted octanol–water partition coefficient (Wildman–Crippen LogP) is 3.35. The minimum atomic E-state index is -0.240. The third-order valence-corrected chi connectivity index (χ3v) is 5.80. The molecule has 29 heavy (non-hydrogen) atoms. The average molecular weight is 398 g/mol. The van der Waals surface area contributed by atoms with Gasteiger partial charge < -0.3 is 19.7 Å². The van der Waals surface area contributed by atoms with Gasteiger partial charge in [-0.25, -0.2) is 4.39 Å². The van der Waals surface area contributed by atoms with E-state index >= 15 is 0 Å². The largest absolute Gasteiger partial charge is 0.494 e. The number of halogens is 1. The molecule has 5 nitrogen and oxygen atoms in total. The molecule has 0 spiro atoms.